The van der Waals surface area contributed by atoms with Gasteiger partial charge < -0.3 is 10.1 Å². The summed E-state index contributed by atoms with van der Waals surface area (Å²) in [6.07, 6.45) is 2.82. The monoisotopic (exact) mass is 257 g/mol. The highest BCUT2D eigenvalue weighted by atomic mass is 16.5. The van der Waals surface area contributed by atoms with Gasteiger partial charge in [0, 0.05) is 18.3 Å². The van der Waals surface area contributed by atoms with E-state index in [-0.39, 0.29) is 0 Å². The van der Waals surface area contributed by atoms with E-state index < -0.39 is 0 Å². The van der Waals surface area contributed by atoms with E-state index in [4.69, 9.17) is 4.74 Å². The van der Waals surface area contributed by atoms with Crippen LogP contribution in [0.1, 0.15) is 24.5 Å². The van der Waals surface area contributed by atoms with Crippen LogP contribution in [-0.4, -0.2) is 16.5 Å². The molecule has 4 nitrogen and oxygen atoms in total. The SMILES string of the molecule is CCCNc1ncc(C)c(OCc2ccccc2)n1. The zero-order chi connectivity index (χ0) is 13.5. The number of aromatic nitrogens is 2. The molecular weight excluding hydrogens is 238 g/mol. The molecule has 1 aromatic heterocycles. The van der Waals surface area contributed by atoms with E-state index in [1.165, 1.54) is 0 Å². The predicted molar refractivity (Wildman–Crippen MR) is 76.3 cm³/mol. The first kappa shape index (κ1) is 13.3. The standard InChI is InChI=1S/C15H19N3O/c1-3-9-16-15-17-10-12(2)14(18-15)19-11-13-7-5-4-6-8-13/h4-8,10H,3,9,11H2,1-2H3,(H,16,17,18). The van der Waals surface area contributed by atoms with Gasteiger partial charge in [0.2, 0.25) is 11.8 Å². The van der Waals surface area contributed by atoms with Crippen LogP contribution in [-0.2, 0) is 6.61 Å². The minimum Gasteiger partial charge on any atom is -0.472 e. The molecular formula is C15H19N3O. The zero-order valence-corrected chi connectivity index (χ0v) is 11.4. The smallest absolute Gasteiger partial charge is 0.225 e. The summed E-state index contributed by atoms with van der Waals surface area (Å²) in [6, 6.07) is 10.1. The number of rotatable bonds is 6. The number of hydrogen-bond acceptors (Lipinski definition) is 4. The molecule has 19 heavy (non-hydrogen) atoms. The van der Waals surface area contributed by atoms with Crippen LogP contribution in [0.3, 0.4) is 0 Å². The van der Waals surface area contributed by atoms with Crippen molar-refractivity contribution in [2.75, 3.05) is 11.9 Å². The third-order valence-corrected chi connectivity index (χ3v) is 2.68. The first-order valence-corrected chi connectivity index (χ1v) is 6.54. The van der Waals surface area contributed by atoms with Crippen molar-refractivity contribution in [2.24, 2.45) is 0 Å². The summed E-state index contributed by atoms with van der Waals surface area (Å²) < 4.78 is 5.75. The molecule has 0 aliphatic carbocycles. The van der Waals surface area contributed by atoms with Crippen LogP contribution in [0.5, 0.6) is 5.88 Å². The number of nitrogens with one attached hydrogen (secondary N) is 1. The largest absolute Gasteiger partial charge is 0.472 e. The van der Waals surface area contributed by atoms with Gasteiger partial charge in [-0.1, -0.05) is 37.3 Å². The summed E-state index contributed by atoms with van der Waals surface area (Å²) in [4.78, 5) is 8.61. The van der Waals surface area contributed by atoms with Crippen LogP contribution < -0.4 is 10.1 Å². The summed E-state index contributed by atoms with van der Waals surface area (Å²) in [5, 5.41) is 3.16. The van der Waals surface area contributed by atoms with Gasteiger partial charge in [0.15, 0.2) is 0 Å². The summed E-state index contributed by atoms with van der Waals surface area (Å²) in [6.45, 7) is 5.44. The van der Waals surface area contributed by atoms with E-state index >= 15 is 0 Å². The van der Waals surface area contributed by atoms with Crippen LogP contribution in [0.2, 0.25) is 0 Å². The number of ether oxygens (including phenoxy) is 1. The van der Waals surface area contributed by atoms with Crippen molar-refractivity contribution >= 4 is 5.95 Å². The van der Waals surface area contributed by atoms with Crippen molar-refractivity contribution in [1.29, 1.82) is 0 Å². The minimum atomic E-state index is 0.520. The Kier molecular flexibility index (Phi) is 4.72. The minimum absolute atomic E-state index is 0.520. The summed E-state index contributed by atoms with van der Waals surface area (Å²) in [5.74, 6) is 1.26. The van der Waals surface area contributed by atoms with Crippen molar-refractivity contribution in [1.82, 2.24) is 9.97 Å². The molecule has 0 atom stereocenters. The Bertz CT molecular complexity index is 514. The molecule has 0 radical (unpaired) electrons. The molecule has 0 saturated carbocycles. The maximum Gasteiger partial charge on any atom is 0.225 e. The van der Waals surface area contributed by atoms with Gasteiger partial charge in [0.05, 0.1) is 0 Å². The van der Waals surface area contributed by atoms with Gasteiger partial charge in [-0.2, -0.15) is 4.98 Å². The highest BCUT2D eigenvalue weighted by Crippen LogP contribution is 2.16. The molecule has 2 aromatic rings. The molecule has 1 N–H and O–H groups in total. The van der Waals surface area contributed by atoms with Gasteiger partial charge in [-0.3, -0.25) is 0 Å². The molecule has 0 aliphatic rings. The lowest BCUT2D eigenvalue weighted by Gasteiger charge is -2.10. The van der Waals surface area contributed by atoms with Crippen molar-refractivity contribution in [3.8, 4) is 5.88 Å². The second kappa shape index (κ2) is 6.73. The Morgan fingerprint density at radius 2 is 2.00 bits per heavy atom. The molecule has 0 saturated heterocycles. The van der Waals surface area contributed by atoms with Crippen molar-refractivity contribution in [3.63, 3.8) is 0 Å². The number of aryl methyl sites for hydroxylation is 1. The summed E-state index contributed by atoms with van der Waals surface area (Å²) >= 11 is 0. The normalized spacial score (nSPS) is 10.2. The van der Waals surface area contributed by atoms with E-state index in [0.717, 1.165) is 24.1 Å². The van der Waals surface area contributed by atoms with Gasteiger partial charge in [-0.25, -0.2) is 4.98 Å². The molecule has 0 fully saturated rings. The number of nitrogens with zero attached hydrogens (tertiary/aromatic N) is 2. The quantitative estimate of drug-likeness (QED) is 0.863. The Hall–Kier alpha value is -2.10. The Morgan fingerprint density at radius 3 is 2.74 bits per heavy atom. The third kappa shape index (κ3) is 3.95. The summed E-state index contributed by atoms with van der Waals surface area (Å²) in [5.41, 5.74) is 2.07. The van der Waals surface area contributed by atoms with Crippen molar-refractivity contribution < 1.29 is 4.74 Å². The highest BCUT2D eigenvalue weighted by Gasteiger charge is 2.05. The second-order valence-corrected chi connectivity index (χ2v) is 4.38. The lowest BCUT2D eigenvalue weighted by Crippen LogP contribution is -2.07. The summed E-state index contributed by atoms with van der Waals surface area (Å²) in [7, 11) is 0. The van der Waals surface area contributed by atoms with Crippen LogP contribution in [0, 0.1) is 6.92 Å². The first-order chi connectivity index (χ1) is 9.29. The van der Waals surface area contributed by atoms with Gasteiger partial charge in [-0.05, 0) is 18.9 Å². The average Bonchev–Trinajstić information content (AvgIpc) is 2.46. The third-order valence-electron chi connectivity index (χ3n) is 2.68. The van der Waals surface area contributed by atoms with Crippen LogP contribution in [0.4, 0.5) is 5.95 Å². The van der Waals surface area contributed by atoms with E-state index in [9.17, 15) is 0 Å². The zero-order valence-electron chi connectivity index (χ0n) is 11.4. The second-order valence-electron chi connectivity index (χ2n) is 4.38. The Morgan fingerprint density at radius 1 is 1.21 bits per heavy atom. The number of anilines is 1. The fourth-order valence-electron chi connectivity index (χ4n) is 1.62. The van der Waals surface area contributed by atoms with Gasteiger partial charge >= 0.3 is 0 Å². The van der Waals surface area contributed by atoms with E-state index in [1.807, 2.05) is 37.3 Å². The van der Waals surface area contributed by atoms with Gasteiger partial charge in [0.1, 0.15) is 6.61 Å². The lowest BCUT2D eigenvalue weighted by atomic mass is 10.2. The molecule has 0 amide bonds. The molecule has 100 valence electrons. The molecule has 2 rings (SSSR count). The van der Waals surface area contributed by atoms with Crippen molar-refractivity contribution in [3.05, 3.63) is 47.7 Å². The van der Waals surface area contributed by atoms with Gasteiger partial charge in [-0.15, -0.1) is 0 Å². The van der Waals surface area contributed by atoms with E-state index in [0.29, 0.717) is 18.4 Å². The molecule has 1 heterocycles. The van der Waals surface area contributed by atoms with Crippen molar-refractivity contribution in [2.45, 2.75) is 26.9 Å². The fraction of sp³-hybridized carbons (Fsp3) is 0.333. The Labute approximate surface area is 113 Å². The molecule has 0 aliphatic heterocycles. The molecule has 4 heteroatoms. The molecule has 0 spiro atoms. The topological polar surface area (TPSA) is 47.0 Å². The average molecular weight is 257 g/mol. The predicted octanol–water partition coefficient (Wildman–Crippen LogP) is 3.19. The van der Waals surface area contributed by atoms with E-state index in [2.05, 4.69) is 22.2 Å². The number of benzene rings is 1. The Balaban J connectivity index is 2.02. The number of hydrogen-bond donors (Lipinski definition) is 1. The maximum absolute atomic E-state index is 5.75. The first-order valence-electron chi connectivity index (χ1n) is 6.54. The highest BCUT2D eigenvalue weighted by molar-refractivity contribution is 5.32. The van der Waals surface area contributed by atoms with E-state index in [1.54, 1.807) is 6.20 Å². The van der Waals surface area contributed by atoms with Gasteiger partial charge in [0.25, 0.3) is 0 Å². The fourth-order valence-corrected chi connectivity index (χ4v) is 1.62. The molecule has 1 aromatic carbocycles. The lowest BCUT2D eigenvalue weighted by molar-refractivity contribution is 0.291. The molecule has 0 unspecified atom stereocenters. The van der Waals surface area contributed by atoms with Crippen LogP contribution in [0.15, 0.2) is 36.5 Å². The maximum atomic E-state index is 5.75. The molecule has 0 bridgehead atoms. The van der Waals surface area contributed by atoms with Crippen LogP contribution in [0.25, 0.3) is 0 Å². The van der Waals surface area contributed by atoms with Crippen LogP contribution >= 0.6 is 0 Å².